The minimum atomic E-state index is -3.12. The zero-order valence-corrected chi connectivity index (χ0v) is 12.9. The first-order chi connectivity index (χ1) is 10.1. The maximum absolute atomic E-state index is 12.1. The predicted octanol–water partition coefficient (Wildman–Crippen LogP) is 3.58. The van der Waals surface area contributed by atoms with Crippen LogP contribution in [-0.2, 0) is 16.3 Å². The molecular formula is C17H19NO2S. The highest BCUT2D eigenvalue weighted by molar-refractivity contribution is 7.91. The first-order valence-electron chi connectivity index (χ1n) is 7.27. The van der Waals surface area contributed by atoms with E-state index in [0.717, 1.165) is 17.7 Å². The van der Waals surface area contributed by atoms with Crippen LogP contribution in [0.3, 0.4) is 0 Å². The predicted molar refractivity (Wildman–Crippen MR) is 85.3 cm³/mol. The van der Waals surface area contributed by atoms with E-state index in [-0.39, 0.29) is 11.8 Å². The van der Waals surface area contributed by atoms with Crippen LogP contribution in [0.2, 0.25) is 0 Å². The third-order valence-electron chi connectivity index (χ3n) is 3.98. The lowest BCUT2D eigenvalue weighted by Crippen LogP contribution is -2.24. The van der Waals surface area contributed by atoms with Gasteiger partial charge in [-0.05, 0) is 42.2 Å². The third-order valence-corrected chi connectivity index (χ3v) is 5.80. The molecule has 0 aliphatic carbocycles. The minimum Gasteiger partial charge on any atom is -0.378 e. The van der Waals surface area contributed by atoms with Crippen molar-refractivity contribution in [1.29, 1.82) is 0 Å². The van der Waals surface area contributed by atoms with Crippen molar-refractivity contribution in [2.24, 2.45) is 0 Å². The van der Waals surface area contributed by atoms with Crippen LogP contribution >= 0.6 is 0 Å². The Kier molecular flexibility index (Phi) is 3.72. The van der Waals surface area contributed by atoms with Gasteiger partial charge in [-0.3, -0.25) is 0 Å². The summed E-state index contributed by atoms with van der Waals surface area (Å²) < 4.78 is 24.3. The van der Waals surface area contributed by atoms with Crippen molar-refractivity contribution in [1.82, 2.24) is 0 Å². The summed E-state index contributed by atoms with van der Waals surface area (Å²) >= 11 is 0. The molecule has 0 bridgehead atoms. The maximum Gasteiger partial charge on any atom is 0.178 e. The second-order valence-electron chi connectivity index (χ2n) is 5.40. The van der Waals surface area contributed by atoms with Crippen LogP contribution in [-0.4, -0.2) is 14.2 Å². The molecule has 1 atom stereocenters. The summed E-state index contributed by atoms with van der Waals surface area (Å²) in [6.45, 7) is 2.13. The minimum absolute atomic E-state index is 0.0526. The molecule has 3 nitrogen and oxygen atoms in total. The zero-order chi connectivity index (χ0) is 14.9. The van der Waals surface area contributed by atoms with E-state index in [2.05, 4.69) is 24.4 Å². The summed E-state index contributed by atoms with van der Waals surface area (Å²) in [4.78, 5) is 0.473. The number of rotatable bonds is 3. The van der Waals surface area contributed by atoms with Gasteiger partial charge in [0.15, 0.2) is 9.84 Å². The normalized spacial score (nSPS) is 19.8. The van der Waals surface area contributed by atoms with Gasteiger partial charge in [0.2, 0.25) is 0 Å². The van der Waals surface area contributed by atoms with Crippen LogP contribution in [0.1, 0.15) is 30.5 Å². The first-order valence-corrected chi connectivity index (χ1v) is 8.92. The smallest absolute Gasteiger partial charge is 0.178 e. The largest absolute Gasteiger partial charge is 0.378 e. The summed E-state index contributed by atoms with van der Waals surface area (Å²) in [6, 6.07) is 15.7. The number of hydrogen-bond acceptors (Lipinski definition) is 3. The van der Waals surface area contributed by atoms with Crippen molar-refractivity contribution < 1.29 is 8.42 Å². The molecule has 0 amide bonds. The quantitative estimate of drug-likeness (QED) is 0.942. The van der Waals surface area contributed by atoms with E-state index in [0.29, 0.717) is 11.3 Å². The monoisotopic (exact) mass is 301 g/mol. The van der Waals surface area contributed by atoms with E-state index in [1.807, 2.05) is 24.3 Å². The van der Waals surface area contributed by atoms with Crippen LogP contribution in [0.15, 0.2) is 53.4 Å². The van der Waals surface area contributed by atoms with Crippen LogP contribution in [0.4, 0.5) is 5.69 Å². The van der Waals surface area contributed by atoms with Crippen LogP contribution < -0.4 is 5.32 Å². The molecule has 1 aliphatic rings. The SMILES string of the molecule is CCc1cccc(N[C@@H]2CCS(=O)(=O)c3ccccc32)c1. The van der Waals surface area contributed by atoms with Crippen LogP contribution in [0, 0.1) is 0 Å². The van der Waals surface area contributed by atoms with Crippen molar-refractivity contribution in [3.05, 3.63) is 59.7 Å². The fourth-order valence-electron chi connectivity index (χ4n) is 2.82. The van der Waals surface area contributed by atoms with Crippen molar-refractivity contribution in [3.8, 4) is 0 Å². The zero-order valence-electron chi connectivity index (χ0n) is 12.0. The number of hydrogen-bond donors (Lipinski definition) is 1. The second kappa shape index (κ2) is 5.53. The Morgan fingerprint density at radius 1 is 1.14 bits per heavy atom. The third kappa shape index (κ3) is 2.81. The number of anilines is 1. The molecule has 4 heteroatoms. The van der Waals surface area contributed by atoms with Crippen molar-refractivity contribution in [2.45, 2.75) is 30.7 Å². The van der Waals surface area contributed by atoms with E-state index >= 15 is 0 Å². The first kappa shape index (κ1) is 14.1. The molecule has 1 heterocycles. The molecule has 0 saturated carbocycles. The molecule has 1 N–H and O–H groups in total. The molecule has 2 aromatic carbocycles. The number of benzene rings is 2. The highest BCUT2D eigenvalue weighted by Gasteiger charge is 2.29. The number of aryl methyl sites for hydroxylation is 1. The van der Waals surface area contributed by atoms with Gasteiger partial charge < -0.3 is 5.32 Å². The number of sulfone groups is 1. The lowest BCUT2D eigenvalue weighted by molar-refractivity contribution is 0.576. The summed E-state index contributed by atoms with van der Waals surface area (Å²) in [5.41, 5.74) is 3.20. The van der Waals surface area contributed by atoms with E-state index in [1.54, 1.807) is 12.1 Å². The van der Waals surface area contributed by atoms with E-state index < -0.39 is 9.84 Å². The molecule has 3 rings (SSSR count). The molecule has 0 unspecified atom stereocenters. The average Bonchev–Trinajstić information content (AvgIpc) is 2.51. The summed E-state index contributed by atoms with van der Waals surface area (Å²) in [5, 5.41) is 3.49. The van der Waals surface area contributed by atoms with Crippen molar-refractivity contribution in [3.63, 3.8) is 0 Å². The highest BCUT2D eigenvalue weighted by atomic mass is 32.2. The molecule has 110 valence electrons. The second-order valence-corrected chi connectivity index (χ2v) is 7.47. The Morgan fingerprint density at radius 2 is 1.95 bits per heavy atom. The van der Waals surface area contributed by atoms with Gasteiger partial charge in [-0.15, -0.1) is 0 Å². The van der Waals surface area contributed by atoms with Gasteiger partial charge in [-0.1, -0.05) is 37.3 Å². The molecule has 21 heavy (non-hydrogen) atoms. The van der Waals surface area contributed by atoms with Crippen molar-refractivity contribution >= 4 is 15.5 Å². The molecule has 0 radical (unpaired) electrons. The van der Waals surface area contributed by atoms with Gasteiger partial charge in [-0.25, -0.2) is 8.42 Å². The fraction of sp³-hybridized carbons (Fsp3) is 0.294. The Hall–Kier alpha value is -1.81. The number of nitrogens with one attached hydrogen (secondary N) is 1. The highest BCUT2D eigenvalue weighted by Crippen LogP contribution is 2.34. The van der Waals surface area contributed by atoms with Crippen molar-refractivity contribution in [2.75, 3.05) is 11.1 Å². The van der Waals surface area contributed by atoms with E-state index in [9.17, 15) is 8.42 Å². The summed E-state index contributed by atoms with van der Waals surface area (Å²) in [5.74, 6) is 0.204. The van der Waals surface area contributed by atoms with Gasteiger partial charge >= 0.3 is 0 Å². The van der Waals surface area contributed by atoms with Crippen LogP contribution in [0.5, 0.6) is 0 Å². The Morgan fingerprint density at radius 3 is 2.76 bits per heavy atom. The molecule has 0 saturated heterocycles. The molecule has 0 fully saturated rings. The lowest BCUT2D eigenvalue weighted by Gasteiger charge is -2.27. The Bertz CT molecular complexity index is 753. The Labute approximate surface area is 125 Å². The average molecular weight is 301 g/mol. The summed E-state index contributed by atoms with van der Waals surface area (Å²) in [7, 11) is -3.12. The van der Waals surface area contributed by atoms with E-state index in [1.165, 1.54) is 5.56 Å². The molecule has 0 spiro atoms. The molecule has 1 aliphatic heterocycles. The topological polar surface area (TPSA) is 46.2 Å². The standard InChI is InChI=1S/C17H19NO2S/c1-2-13-6-5-7-14(12-13)18-16-10-11-21(19,20)17-9-4-3-8-15(16)17/h3-9,12,16,18H,2,10-11H2,1H3/t16-/m1/s1. The molecule has 2 aromatic rings. The maximum atomic E-state index is 12.1. The van der Waals surface area contributed by atoms with Gasteiger partial charge in [0.1, 0.15) is 0 Å². The van der Waals surface area contributed by atoms with Gasteiger partial charge in [0, 0.05) is 5.69 Å². The van der Waals surface area contributed by atoms with Gasteiger partial charge in [0.25, 0.3) is 0 Å². The Balaban J connectivity index is 1.93. The molecule has 0 aromatic heterocycles. The molecular weight excluding hydrogens is 282 g/mol. The van der Waals surface area contributed by atoms with Crippen LogP contribution in [0.25, 0.3) is 0 Å². The van der Waals surface area contributed by atoms with Gasteiger partial charge in [0.05, 0.1) is 16.7 Å². The number of fused-ring (bicyclic) bond motifs is 1. The van der Waals surface area contributed by atoms with Gasteiger partial charge in [-0.2, -0.15) is 0 Å². The van der Waals surface area contributed by atoms with E-state index in [4.69, 9.17) is 0 Å². The lowest BCUT2D eigenvalue weighted by atomic mass is 10.0. The fourth-order valence-corrected chi connectivity index (χ4v) is 4.44. The summed E-state index contributed by atoms with van der Waals surface area (Å²) in [6.07, 6.45) is 1.60.